The summed E-state index contributed by atoms with van der Waals surface area (Å²) in [5.41, 5.74) is 6.57. The highest BCUT2D eigenvalue weighted by Gasteiger charge is 2.02. The molecule has 66 valence electrons. The van der Waals surface area contributed by atoms with Crippen LogP contribution in [0, 0.1) is 5.82 Å². The zero-order valence-corrected chi connectivity index (χ0v) is 7.10. The zero-order valence-electron chi connectivity index (χ0n) is 7.10. The van der Waals surface area contributed by atoms with E-state index < -0.39 is 0 Å². The molecule has 0 aliphatic rings. The quantitative estimate of drug-likeness (QED) is 0.671. The molecule has 2 nitrogen and oxygen atoms in total. The summed E-state index contributed by atoms with van der Waals surface area (Å²) in [6.07, 6.45) is 0. The number of anilines is 1. The van der Waals surface area contributed by atoms with Crippen molar-refractivity contribution in [2.75, 3.05) is 12.3 Å². The van der Waals surface area contributed by atoms with Crippen LogP contribution in [-0.2, 0) is 6.54 Å². The fourth-order valence-electron chi connectivity index (χ4n) is 0.996. The number of para-hydroxylation sites is 1. The average Bonchev–Trinajstić information content (AvgIpc) is 2.08. The first kappa shape index (κ1) is 9.00. The van der Waals surface area contributed by atoms with E-state index in [4.69, 9.17) is 5.73 Å². The molecule has 0 spiro atoms. The van der Waals surface area contributed by atoms with Gasteiger partial charge in [-0.15, -0.1) is 0 Å². The molecule has 3 heteroatoms. The normalized spacial score (nSPS) is 10.2. The van der Waals surface area contributed by atoms with Crippen molar-refractivity contribution in [3.8, 4) is 0 Å². The second-order valence-electron chi connectivity index (χ2n) is 2.59. The summed E-state index contributed by atoms with van der Waals surface area (Å²) in [6, 6.07) is 4.85. The van der Waals surface area contributed by atoms with E-state index in [1.807, 2.05) is 13.0 Å². The van der Waals surface area contributed by atoms with E-state index in [1.165, 1.54) is 6.07 Å². The summed E-state index contributed by atoms with van der Waals surface area (Å²) in [5, 5.41) is 3.09. The Morgan fingerprint density at radius 1 is 1.50 bits per heavy atom. The van der Waals surface area contributed by atoms with Gasteiger partial charge in [0, 0.05) is 6.54 Å². The number of rotatable bonds is 3. The Morgan fingerprint density at radius 3 is 2.92 bits per heavy atom. The molecule has 0 atom stereocenters. The molecule has 1 aromatic rings. The molecule has 0 aromatic heterocycles. The summed E-state index contributed by atoms with van der Waals surface area (Å²) in [6.45, 7) is 3.48. The standard InChI is InChI=1S/C9H13FN2/c1-2-12-6-7-4-3-5-8(10)9(7)11/h3-5,12H,2,6,11H2,1H3. The van der Waals surface area contributed by atoms with Gasteiger partial charge in [0.1, 0.15) is 5.82 Å². The molecule has 0 bridgehead atoms. The Bertz CT molecular complexity index is 261. The maximum atomic E-state index is 12.9. The van der Waals surface area contributed by atoms with Crippen LogP contribution in [0.5, 0.6) is 0 Å². The highest BCUT2D eigenvalue weighted by atomic mass is 19.1. The van der Waals surface area contributed by atoms with Gasteiger partial charge in [0.25, 0.3) is 0 Å². The molecule has 1 rings (SSSR count). The summed E-state index contributed by atoms with van der Waals surface area (Å²) in [4.78, 5) is 0. The van der Waals surface area contributed by atoms with E-state index in [-0.39, 0.29) is 11.5 Å². The lowest BCUT2D eigenvalue weighted by molar-refractivity contribution is 0.627. The van der Waals surface area contributed by atoms with Gasteiger partial charge in [-0.3, -0.25) is 0 Å². The SMILES string of the molecule is CCNCc1cccc(F)c1N. The minimum absolute atomic E-state index is 0.249. The predicted octanol–water partition coefficient (Wildman–Crippen LogP) is 1.52. The van der Waals surface area contributed by atoms with Crippen LogP contribution in [-0.4, -0.2) is 6.54 Å². The Morgan fingerprint density at radius 2 is 2.25 bits per heavy atom. The summed E-state index contributed by atoms with van der Waals surface area (Å²) >= 11 is 0. The highest BCUT2D eigenvalue weighted by Crippen LogP contribution is 2.14. The van der Waals surface area contributed by atoms with Crippen molar-refractivity contribution >= 4 is 5.69 Å². The van der Waals surface area contributed by atoms with E-state index in [2.05, 4.69) is 5.32 Å². The Hall–Kier alpha value is -1.09. The van der Waals surface area contributed by atoms with Crippen molar-refractivity contribution < 1.29 is 4.39 Å². The molecule has 0 unspecified atom stereocenters. The monoisotopic (exact) mass is 168 g/mol. The Balaban J connectivity index is 2.78. The minimum atomic E-state index is -0.342. The van der Waals surface area contributed by atoms with Crippen LogP contribution in [0.15, 0.2) is 18.2 Å². The maximum absolute atomic E-state index is 12.9. The Labute approximate surface area is 71.6 Å². The van der Waals surface area contributed by atoms with Crippen molar-refractivity contribution in [1.82, 2.24) is 5.32 Å². The van der Waals surface area contributed by atoms with Crippen LogP contribution in [0.1, 0.15) is 12.5 Å². The number of nitrogens with one attached hydrogen (secondary N) is 1. The fourth-order valence-corrected chi connectivity index (χ4v) is 0.996. The molecular weight excluding hydrogens is 155 g/mol. The number of benzene rings is 1. The highest BCUT2D eigenvalue weighted by molar-refractivity contribution is 5.47. The molecule has 0 radical (unpaired) electrons. The van der Waals surface area contributed by atoms with Gasteiger partial charge in [-0.05, 0) is 18.2 Å². The summed E-state index contributed by atoms with van der Waals surface area (Å²) in [7, 11) is 0. The molecular formula is C9H13FN2. The van der Waals surface area contributed by atoms with Crippen molar-refractivity contribution in [2.45, 2.75) is 13.5 Å². The lowest BCUT2D eigenvalue weighted by Gasteiger charge is -2.05. The van der Waals surface area contributed by atoms with Crippen LogP contribution < -0.4 is 11.1 Å². The second-order valence-corrected chi connectivity index (χ2v) is 2.59. The van der Waals surface area contributed by atoms with E-state index in [0.29, 0.717) is 6.54 Å². The lowest BCUT2D eigenvalue weighted by Crippen LogP contribution is -2.13. The maximum Gasteiger partial charge on any atom is 0.146 e. The van der Waals surface area contributed by atoms with E-state index in [9.17, 15) is 4.39 Å². The van der Waals surface area contributed by atoms with Gasteiger partial charge in [0.05, 0.1) is 5.69 Å². The van der Waals surface area contributed by atoms with E-state index >= 15 is 0 Å². The second kappa shape index (κ2) is 4.07. The molecule has 0 amide bonds. The van der Waals surface area contributed by atoms with Crippen molar-refractivity contribution in [3.05, 3.63) is 29.6 Å². The molecule has 0 saturated carbocycles. The van der Waals surface area contributed by atoms with Crippen LogP contribution in [0.3, 0.4) is 0 Å². The first-order valence-corrected chi connectivity index (χ1v) is 3.99. The van der Waals surface area contributed by atoms with Gasteiger partial charge in [-0.25, -0.2) is 4.39 Å². The first-order valence-electron chi connectivity index (χ1n) is 3.99. The van der Waals surface area contributed by atoms with Gasteiger partial charge in [0.2, 0.25) is 0 Å². The zero-order chi connectivity index (χ0) is 8.97. The first-order chi connectivity index (χ1) is 5.75. The largest absolute Gasteiger partial charge is 0.396 e. The molecule has 3 N–H and O–H groups in total. The van der Waals surface area contributed by atoms with Crippen LogP contribution >= 0.6 is 0 Å². The van der Waals surface area contributed by atoms with Gasteiger partial charge in [-0.1, -0.05) is 19.1 Å². The minimum Gasteiger partial charge on any atom is -0.396 e. The van der Waals surface area contributed by atoms with Crippen molar-refractivity contribution in [1.29, 1.82) is 0 Å². The molecule has 12 heavy (non-hydrogen) atoms. The Kier molecular flexibility index (Phi) is 3.05. The average molecular weight is 168 g/mol. The van der Waals surface area contributed by atoms with E-state index in [1.54, 1.807) is 6.07 Å². The third-order valence-corrected chi connectivity index (χ3v) is 1.71. The number of hydrogen-bond donors (Lipinski definition) is 2. The summed E-state index contributed by atoms with van der Waals surface area (Å²) in [5.74, 6) is -0.342. The van der Waals surface area contributed by atoms with Crippen molar-refractivity contribution in [3.63, 3.8) is 0 Å². The van der Waals surface area contributed by atoms with Gasteiger partial charge in [-0.2, -0.15) is 0 Å². The van der Waals surface area contributed by atoms with Crippen LogP contribution in [0.2, 0.25) is 0 Å². The smallest absolute Gasteiger partial charge is 0.146 e. The molecule has 0 heterocycles. The molecule has 0 aliphatic heterocycles. The summed E-state index contributed by atoms with van der Waals surface area (Å²) < 4.78 is 12.9. The molecule has 0 fully saturated rings. The number of hydrogen-bond acceptors (Lipinski definition) is 2. The lowest BCUT2D eigenvalue weighted by atomic mass is 10.2. The van der Waals surface area contributed by atoms with Crippen LogP contribution in [0.25, 0.3) is 0 Å². The van der Waals surface area contributed by atoms with Crippen LogP contribution in [0.4, 0.5) is 10.1 Å². The van der Waals surface area contributed by atoms with Gasteiger partial charge >= 0.3 is 0 Å². The number of nitrogen functional groups attached to an aromatic ring is 1. The van der Waals surface area contributed by atoms with Crippen molar-refractivity contribution in [2.24, 2.45) is 0 Å². The molecule has 0 saturated heterocycles. The third-order valence-electron chi connectivity index (χ3n) is 1.71. The fraction of sp³-hybridized carbons (Fsp3) is 0.333. The van der Waals surface area contributed by atoms with Gasteiger partial charge < -0.3 is 11.1 Å². The van der Waals surface area contributed by atoms with E-state index in [0.717, 1.165) is 12.1 Å². The van der Waals surface area contributed by atoms with Gasteiger partial charge in [0.15, 0.2) is 0 Å². The topological polar surface area (TPSA) is 38.0 Å². The molecule has 1 aromatic carbocycles. The molecule has 0 aliphatic carbocycles. The third kappa shape index (κ3) is 1.95. The number of nitrogens with two attached hydrogens (primary N) is 1. The predicted molar refractivity (Wildman–Crippen MR) is 48.2 cm³/mol. The number of halogens is 1.